The first-order valence-corrected chi connectivity index (χ1v) is 8.31. The predicted octanol–water partition coefficient (Wildman–Crippen LogP) is 3.97. The van der Waals surface area contributed by atoms with Gasteiger partial charge in [0.2, 0.25) is 0 Å². The second kappa shape index (κ2) is 4.29. The Morgan fingerprint density at radius 1 is 0.545 bits per heavy atom. The zero-order valence-electron chi connectivity index (χ0n) is 11.8. The van der Waals surface area contributed by atoms with Crippen LogP contribution in [0.4, 0.5) is 0 Å². The summed E-state index contributed by atoms with van der Waals surface area (Å²) in [6.07, 6.45) is 0. The zero-order chi connectivity index (χ0) is 14.7. The number of fused-ring (bicyclic) bond motifs is 2. The van der Waals surface area contributed by atoms with E-state index in [9.17, 15) is 4.80 Å². The van der Waals surface area contributed by atoms with E-state index in [0.717, 1.165) is 5.19 Å². The Balaban J connectivity index is 2.28. The number of benzene rings is 5. The highest BCUT2D eigenvalue weighted by Crippen LogP contribution is 2.38. The Labute approximate surface area is 130 Å². The molecule has 5 aromatic rings. The van der Waals surface area contributed by atoms with Crippen molar-refractivity contribution in [2.75, 3.05) is 0 Å². The summed E-state index contributed by atoms with van der Waals surface area (Å²) in [4.78, 5) is 9.86. The van der Waals surface area contributed by atoms with Crippen molar-refractivity contribution < 1.29 is 4.80 Å². The highest BCUT2D eigenvalue weighted by molar-refractivity contribution is 6.54. The first-order valence-electron chi connectivity index (χ1n) is 7.37. The van der Waals surface area contributed by atoms with Crippen LogP contribution in [0.15, 0.2) is 66.7 Å². The van der Waals surface area contributed by atoms with Crippen LogP contribution < -0.4 is 5.19 Å². The molecule has 0 spiro atoms. The third-order valence-corrected chi connectivity index (χ3v) is 5.29. The molecule has 0 saturated carbocycles. The number of hydrogen-bond donors (Lipinski definition) is 1. The van der Waals surface area contributed by atoms with Crippen molar-refractivity contribution >= 4 is 58.0 Å². The summed E-state index contributed by atoms with van der Waals surface area (Å²) < 4.78 is 0. The molecular weight excluding hydrogens is 284 g/mol. The Bertz CT molecular complexity index is 1150. The molecule has 0 saturated heterocycles. The number of hydrogen-bond acceptors (Lipinski definition) is 1. The summed E-state index contributed by atoms with van der Waals surface area (Å²) in [5.74, 6) is 0. The van der Waals surface area contributed by atoms with Crippen LogP contribution in [0.3, 0.4) is 0 Å². The highest BCUT2D eigenvalue weighted by atomic mass is 28.2. The molecule has 0 aromatic heterocycles. The van der Waals surface area contributed by atoms with E-state index in [1.54, 1.807) is 0 Å². The van der Waals surface area contributed by atoms with Crippen molar-refractivity contribution in [3.05, 3.63) is 66.7 Å². The molecule has 1 N–H and O–H groups in total. The molecule has 0 fully saturated rings. The molecule has 0 amide bonds. The molecule has 0 atom stereocenters. The summed E-state index contributed by atoms with van der Waals surface area (Å²) in [5.41, 5.74) is 0. The van der Waals surface area contributed by atoms with Gasteiger partial charge in [-0.2, -0.15) is 0 Å². The summed E-state index contributed by atoms with van der Waals surface area (Å²) in [6.45, 7) is 0. The summed E-state index contributed by atoms with van der Waals surface area (Å²) in [6, 6.07) is 23.6. The monoisotopic (exact) mass is 296 g/mol. The molecule has 5 rings (SSSR count). The highest BCUT2D eigenvalue weighted by Gasteiger charge is 2.14. The minimum atomic E-state index is -0.189. The van der Waals surface area contributed by atoms with Gasteiger partial charge >= 0.3 is 0 Å². The van der Waals surface area contributed by atoms with E-state index < -0.39 is 0 Å². The molecule has 22 heavy (non-hydrogen) atoms. The van der Waals surface area contributed by atoms with Gasteiger partial charge in [0.25, 0.3) is 9.76 Å². The van der Waals surface area contributed by atoms with Crippen molar-refractivity contribution in [3.63, 3.8) is 0 Å². The van der Waals surface area contributed by atoms with Crippen LogP contribution in [0.5, 0.6) is 0 Å². The van der Waals surface area contributed by atoms with Gasteiger partial charge in [0.05, 0.1) is 0 Å². The van der Waals surface area contributed by atoms with Crippen molar-refractivity contribution in [1.29, 1.82) is 0 Å². The summed E-state index contributed by atoms with van der Waals surface area (Å²) in [7, 11) is -0.189. The minimum absolute atomic E-state index is 0.189. The van der Waals surface area contributed by atoms with E-state index in [1.807, 2.05) is 0 Å². The maximum absolute atomic E-state index is 9.86. The standard InChI is InChI=1S/C20H12OSi/c21-22-17-11-10-13-6-2-8-15-14-7-1-4-12-5-3-9-16(18(12)14)20(17)19(13)15/h1-11,21H. The summed E-state index contributed by atoms with van der Waals surface area (Å²) in [5, 5.41) is 11.1. The fourth-order valence-electron chi connectivity index (χ4n) is 3.75. The van der Waals surface area contributed by atoms with Gasteiger partial charge in [-0.15, -0.1) is 0 Å². The number of rotatable bonds is 1. The normalized spacial score (nSPS) is 12.0. The molecule has 1 nitrogen and oxygen atoms in total. The lowest BCUT2D eigenvalue weighted by molar-refractivity contribution is 0.616. The van der Waals surface area contributed by atoms with Gasteiger partial charge in [0.15, 0.2) is 0 Å². The predicted molar refractivity (Wildman–Crippen MR) is 95.3 cm³/mol. The zero-order valence-corrected chi connectivity index (χ0v) is 12.8. The smallest absolute Gasteiger partial charge is 0.266 e. The lowest BCUT2D eigenvalue weighted by atomic mass is 9.90. The van der Waals surface area contributed by atoms with Crippen molar-refractivity contribution in [2.24, 2.45) is 0 Å². The van der Waals surface area contributed by atoms with Gasteiger partial charge in [0.1, 0.15) is 0 Å². The van der Waals surface area contributed by atoms with Crippen molar-refractivity contribution in [1.82, 2.24) is 0 Å². The van der Waals surface area contributed by atoms with Gasteiger partial charge in [-0.3, -0.25) is 0 Å². The van der Waals surface area contributed by atoms with E-state index in [0.29, 0.717) is 0 Å². The minimum Gasteiger partial charge on any atom is -0.428 e. The van der Waals surface area contributed by atoms with Crippen molar-refractivity contribution in [2.45, 2.75) is 0 Å². The van der Waals surface area contributed by atoms with Gasteiger partial charge in [-0.25, -0.2) is 0 Å². The van der Waals surface area contributed by atoms with Gasteiger partial charge in [-0.05, 0) is 48.3 Å². The second-order valence-electron chi connectivity index (χ2n) is 5.71. The SMILES string of the molecule is O[Si]c1ccc2cccc3c4cccc5cccc(c1c23)c54. The van der Waals surface area contributed by atoms with E-state index in [2.05, 4.69) is 66.7 Å². The van der Waals surface area contributed by atoms with Crippen LogP contribution in [0.2, 0.25) is 0 Å². The van der Waals surface area contributed by atoms with Gasteiger partial charge in [0, 0.05) is 0 Å². The fraction of sp³-hybridized carbons (Fsp3) is 0. The average molecular weight is 296 g/mol. The van der Waals surface area contributed by atoms with Crippen LogP contribution in [0, 0.1) is 0 Å². The molecule has 0 aliphatic carbocycles. The maximum atomic E-state index is 9.86. The van der Waals surface area contributed by atoms with Gasteiger partial charge < -0.3 is 4.80 Å². The van der Waals surface area contributed by atoms with Crippen LogP contribution in [0.25, 0.3) is 43.1 Å². The molecule has 0 aliphatic rings. The Hall–Kier alpha value is -2.42. The molecular formula is C20H12OSi. The molecule has 0 bridgehead atoms. The van der Waals surface area contributed by atoms with Crippen molar-refractivity contribution in [3.8, 4) is 0 Å². The maximum Gasteiger partial charge on any atom is 0.266 e. The Morgan fingerprint density at radius 3 is 1.82 bits per heavy atom. The van der Waals surface area contributed by atoms with Crippen LogP contribution in [0.1, 0.15) is 0 Å². The molecule has 0 unspecified atom stereocenters. The average Bonchev–Trinajstić information content (AvgIpc) is 2.59. The fourth-order valence-corrected chi connectivity index (χ4v) is 4.28. The lowest BCUT2D eigenvalue weighted by Gasteiger charge is -2.16. The van der Waals surface area contributed by atoms with Gasteiger partial charge in [-0.1, -0.05) is 66.7 Å². The van der Waals surface area contributed by atoms with Crippen LogP contribution in [-0.4, -0.2) is 14.6 Å². The molecule has 5 aromatic carbocycles. The largest absolute Gasteiger partial charge is 0.428 e. The Kier molecular flexibility index (Phi) is 2.37. The molecule has 2 heteroatoms. The third kappa shape index (κ3) is 1.41. The van der Waals surface area contributed by atoms with E-state index in [4.69, 9.17) is 0 Å². The van der Waals surface area contributed by atoms with E-state index >= 15 is 0 Å². The lowest BCUT2D eigenvalue weighted by Crippen LogP contribution is -2.14. The van der Waals surface area contributed by atoms with E-state index in [-0.39, 0.29) is 9.76 Å². The molecule has 0 aliphatic heterocycles. The molecule has 102 valence electrons. The topological polar surface area (TPSA) is 20.2 Å². The first-order chi connectivity index (χ1) is 10.9. The molecule has 2 radical (unpaired) electrons. The summed E-state index contributed by atoms with van der Waals surface area (Å²) >= 11 is 0. The van der Waals surface area contributed by atoms with Crippen LogP contribution in [-0.2, 0) is 0 Å². The first kappa shape index (κ1) is 12.2. The quantitative estimate of drug-likeness (QED) is 0.282. The third-order valence-electron chi connectivity index (χ3n) is 4.63. The molecule has 0 heterocycles. The second-order valence-corrected chi connectivity index (χ2v) is 6.48. The van der Waals surface area contributed by atoms with Crippen LogP contribution >= 0.6 is 0 Å². The Morgan fingerprint density at radius 2 is 1.14 bits per heavy atom. The van der Waals surface area contributed by atoms with E-state index in [1.165, 1.54) is 43.1 Å².